The average Bonchev–Trinajstić information content (AvgIpc) is 2.74. The summed E-state index contributed by atoms with van der Waals surface area (Å²) in [6, 6.07) is 5.79. The number of aliphatic carboxylic acids is 2. The molecule has 0 unspecified atom stereocenters. The van der Waals surface area contributed by atoms with Gasteiger partial charge in [0.2, 0.25) is 5.91 Å². The number of nitrogens with one attached hydrogen (secondary N) is 1. The summed E-state index contributed by atoms with van der Waals surface area (Å²) in [6.07, 6.45) is 2.14. The molecule has 1 aromatic rings. The van der Waals surface area contributed by atoms with Gasteiger partial charge < -0.3 is 29.7 Å². The number of carbonyl (C=O) groups is 3. The Balaban J connectivity index is 0.000000656. The maximum atomic E-state index is 11.4. The van der Waals surface area contributed by atoms with Gasteiger partial charge in [0.05, 0.1) is 27.4 Å². The summed E-state index contributed by atoms with van der Waals surface area (Å²) in [4.78, 5) is 31.8. The number of hydrogen-bond donors (Lipinski definition) is 3. The van der Waals surface area contributed by atoms with E-state index < -0.39 is 11.9 Å². The van der Waals surface area contributed by atoms with Crippen molar-refractivity contribution in [2.45, 2.75) is 19.4 Å². The number of piperidine rings is 1. The Morgan fingerprint density at radius 3 is 2.00 bits per heavy atom. The second-order valence-corrected chi connectivity index (χ2v) is 6.74. The van der Waals surface area contributed by atoms with E-state index in [1.54, 1.807) is 21.3 Å². The first-order valence-corrected chi connectivity index (χ1v) is 9.47. The Bertz CT molecular complexity index is 668. The standard InChI is InChI=1S/C18H28N2O4.C2H2O4/c1-19-18(21)11-20-6-4-14(5-7-20)12-24-13-15-8-16(22-2)10-17(9-15)23-3;3-1(4)2(5)6/h8-10,14H,4-7,11-13H2,1-3H3,(H,19,21);(H,3,4)(H,5,6). The van der Waals surface area contributed by atoms with Crippen LogP contribution in [0.1, 0.15) is 18.4 Å². The van der Waals surface area contributed by atoms with Gasteiger partial charge in [-0.1, -0.05) is 0 Å². The van der Waals surface area contributed by atoms with Crippen LogP contribution in [0.15, 0.2) is 18.2 Å². The van der Waals surface area contributed by atoms with Gasteiger partial charge in [0.15, 0.2) is 0 Å². The van der Waals surface area contributed by atoms with Crippen molar-refractivity contribution in [3.05, 3.63) is 23.8 Å². The molecular weight excluding hydrogens is 396 g/mol. The number of amides is 1. The molecule has 168 valence electrons. The molecule has 30 heavy (non-hydrogen) atoms. The maximum Gasteiger partial charge on any atom is 0.414 e. The smallest absolute Gasteiger partial charge is 0.414 e. The summed E-state index contributed by atoms with van der Waals surface area (Å²) in [5.74, 6) is -1.47. The molecule has 1 amide bonds. The van der Waals surface area contributed by atoms with Crippen molar-refractivity contribution in [3.63, 3.8) is 0 Å². The van der Waals surface area contributed by atoms with Crippen molar-refractivity contribution in [2.24, 2.45) is 5.92 Å². The van der Waals surface area contributed by atoms with Crippen molar-refractivity contribution in [2.75, 3.05) is 47.5 Å². The lowest BCUT2D eigenvalue weighted by Gasteiger charge is -2.31. The maximum absolute atomic E-state index is 11.4. The fourth-order valence-corrected chi connectivity index (χ4v) is 2.89. The highest BCUT2D eigenvalue weighted by Gasteiger charge is 2.20. The van der Waals surface area contributed by atoms with E-state index in [0.717, 1.165) is 49.6 Å². The van der Waals surface area contributed by atoms with Crippen LogP contribution in [0.2, 0.25) is 0 Å². The first kappa shape index (κ1) is 25.2. The number of nitrogens with zero attached hydrogens (tertiary/aromatic N) is 1. The summed E-state index contributed by atoms with van der Waals surface area (Å²) in [6.45, 7) is 3.69. The SMILES string of the molecule is CNC(=O)CN1CCC(COCc2cc(OC)cc(OC)c2)CC1.O=C(O)C(=O)O. The minimum atomic E-state index is -1.82. The number of hydrogen-bond acceptors (Lipinski definition) is 7. The predicted octanol–water partition coefficient (Wildman–Crippen LogP) is 0.834. The highest BCUT2D eigenvalue weighted by molar-refractivity contribution is 6.27. The second-order valence-electron chi connectivity index (χ2n) is 6.74. The average molecular weight is 426 g/mol. The molecule has 1 fully saturated rings. The topological polar surface area (TPSA) is 135 Å². The number of likely N-dealkylation sites (N-methyl/N-ethyl adjacent to an activating group) is 1. The number of likely N-dealkylation sites (tertiary alicyclic amines) is 1. The molecule has 0 aliphatic carbocycles. The van der Waals surface area contributed by atoms with Gasteiger partial charge in [-0.15, -0.1) is 0 Å². The van der Waals surface area contributed by atoms with E-state index in [-0.39, 0.29) is 5.91 Å². The van der Waals surface area contributed by atoms with Crippen LogP contribution in [0.4, 0.5) is 0 Å². The van der Waals surface area contributed by atoms with Crippen LogP contribution in [0.5, 0.6) is 11.5 Å². The Morgan fingerprint density at radius 2 is 1.57 bits per heavy atom. The summed E-state index contributed by atoms with van der Waals surface area (Å²) < 4.78 is 16.4. The summed E-state index contributed by atoms with van der Waals surface area (Å²) in [7, 11) is 4.97. The van der Waals surface area contributed by atoms with Crippen LogP contribution in [-0.4, -0.2) is 80.5 Å². The first-order chi connectivity index (χ1) is 14.3. The van der Waals surface area contributed by atoms with E-state index in [4.69, 9.17) is 34.0 Å². The lowest BCUT2D eigenvalue weighted by molar-refractivity contribution is -0.159. The minimum absolute atomic E-state index is 0.0803. The lowest BCUT2D eigenvalue weighted by atomic mass is 9.98. The highest BCUT2D eigenvalue weighted by Crippen LogP contribution is 2.23. The Labute approximate surface area is 175 Å². The molecule has 0 atom stereocenters. The van der Waals surface area contributed by atoms with Crippen molar-refractivity contribution >= 4 is 17.8 Å². The van der Waals surface area contributed by atoms with Crippen LogP contribution in [0, 0.1) is 5.92 Å². The van der Waals surface area contributed by atoms with E-state index in [1.165, 1.54) is 0 Å². The summed E-state index contributed by atoms with van der Waals surface area (Å²) >= 11 is 0. The van der Waals surface area contributed by atoms with Gasteiger partial charge >= 0.3 is 11.9 Å². The molecule has 1 aliphatic rings. The molecular formula is C20H30N2O8. The molecule has 3 N–H and O–H groups in total. The van der Waals surface area contributed by atoms with Crippen molar-refractivity contribution in [1.29, 1.82) is 0 Å². The molecule has 2 rings (SSSR count). The number of benzene rings is 1. The Morgan fingerprint density at radius 1 is 1.03 bits per heavy atom. The van der Waals surface area contributed by atoms with Crippen molar-refractivity contribution < 1.29 is 38.8 Å². The van der Waals surface area contributed by atoms with Gasteiger partial charge in [-0.3, -0.25) is 9.69 Å². The third-order valence-corrected chi connectivity index (χ3v) is 4.57. The van der Waals surface area contributed by atoms with Gasteiger partial charge in [0.25, 0.3) is 0 Å². The molecule has 1 saturated heterocycles. The van der Waals surface area contributed by atoms with E-state index in [1.807, 2.05) is 18.2 Å². The summed E-state index contributed by atoms with van der Waals surface area (Å²) in [5.41, 5.74) is 1.04. The predicted molar refractivity (Wildman–Crippen MR) is 108 cm³/mol. The minimum Gasteiger partial charge on any atom is -0.497 e. The number of carboxylic acid groups (broad SMARTS) is 2. The van der Waals surface area contributed by atoms with E-state index in [0.29, 0.717) is 19.1 Å². The Hall–Kier alpha value is -2.85. The zero-order chi connectivity index (χ0) is 22.5. The normalized spacial score (nSPS) is 14.2. The molecule has 1 aliphatic heterocycles. The van der Waals surface area contributed by atoms with Gasteiger partial charge in [-0.05, 0) is 49.5 Å². The number of rotatable bonds is 8. The molecule has 10 heteroatoms. The summed E-state index contributed by atoms with van der Waals surface area (Å²) in [5, 5.41) is 17.5. The van der Waals surface area contributed by atoms with Gasteiger partial charge in [-0.2, -0.15) is 0 Å². The Kier molecular flexibility index (Phi) is 11.2. The quantitative estimate of drug-likeness (QED) is 0.517. The number of ether oxygens (including phenoxy) is 3. The first-order valence-electron chi connectivity index (χ1n) is 9.47. The molecule has 0 bridgehead atoms. The zero-order valence-electron chi connectivity index (χ0n) is 17.6. The molecule has 0 radical (unpaired) electrons. The van der Waals surface area contributed by atoms with Crippen LogP contribution < -0.4 is 14.8 Å². The van der Waals surface area contributed by atoms with Crippen LogP contribution >= 0.6 is 0 Å². The molecule has 0 saturated carbocycles. The van der Waals surface area contributed by atoms with Gasteiger partial charge in [0.1, 0.15) is 11.5 Å². The van der Waals surface area contributed by atoms with E-state index in [2.05, 4.69) is 10.2 Å². The zero-order valence-corrected chi connectivity index (χ0v) is 17.6. The molecule has 10 nitrogen and oxygen atoms in total. The lowest BCUT2D eigenvalue weighted by Crippen LogP contribution is -2.41. The highest BCUT2D eigenvalue weighted by atomic mass is 16.5. The number of carbonyl (C=O) groups excluding carboxylic acids is 1. The fraction of sp³-hybridized carbons (Fsp3) is 0.550. The largest absolute Gasteiger partial charge is 0.497 e. The van der Waals surface area contributed by atoms with Crippen LogP contribution in [0.25, 0.3) is 0 Å². The number of methoxy groups -OCH3 is 2. The molecule has 0 aromatic heterocycles. The van der Waals surface area contributed by atoms with Crippen LogP contribution in [-0.2, 0) is 25.7 Å². The molecule has 1 heterocycles. The van der Waals surface area contributed by atoms with Crippen LogP contribution in [0.3, 0.4) is 0 Å². The third kappa shape index (κ3) is 9.57. The van der Waals surface area contributed by atoms with E-state index in [9.17, 15) is 4.79 Å². The van der Waals surface area contributed by atoms with Gasteiger partial charge in [0, 0.05) is 19.7 Å². The molecule has 1 aromatic carbocycles. The number of carboxylic acids is 2. The van der Waals surface area contributed by atoms with Crippen molar-refractivity contribution in [3.8, 4) is 11.5 Å². The monoisotopic (exact) mass is 426 g/mol. The third-order valence-electron chi connectivity index (χ3n) is 4.57. The molecule has 0 spiro atoms. The van der Waals surface area contributed by atoms with Gasteiger partial charge in [-0.25, -0.2) is 9.59 Å². The fourth-order valence-electron chi connectivity index (χ4n) is 2.89. The van der Waals surface area contributed by atoms with Crippen molar-refractivity contribution in [1.82, 2.24) is 10.2 Å². The van der Waals surface area contributed by atoms with E-state index >= 15 is 0 Å². The second kappa shape index (κ2) is 13.4.